The molecule has 5 heteroatoms. The summed E-state index contributed by atoms with van der Waals surface area (Å²) in [5.74, 6) is 0. The predicted molar refractivity (Wildman–Crippen MR) is 75.9 cm³/mol. The molecule has 0 amide bonds. The SMILES string of the molecule is Cc1cc(C)c(CN(CCC#N)C(=S)S)cn1. The third kappa shape index (κ3) is 4.33. The minimum absolute atomic E-state index is 0.443. The number of nitrogens with zero attached hydrogens (tertiary/aromatic N) is 3. The van der Waals surface area contributed by atoms with Gasteiger partial charge in [-0.3, -0.25) is 4.98 Å². The van der Waals surface area contributed by atoms with E-state index in [0.29, 0.717) is 23.8 Å². The molecule has 3 nitrogen and oxygen atoms in total. The zero-order valence-electron chi connectivity index (χ0n) is 9.97. The van der Waals surface area contributed by atoms with Crippen LogP contribution in [0.5, 0.6) is 0 Å². The average molecular weight is 265 g/mol. The first-order valence-corrected chi connectivity index (χ1v) is 6.17. The fourth-order valence-electron chi connectivity index (χ4n) is 1.52. The number of rotatable bonds is 4. The first-order chi connectivity index (χ1) is 8.04. The van der Waals surface area contributed by atoms with Crippen molar-refractivity contribution in [1.82, 2.24) is 9.88 Å². The van der Waals surface area contributed by atoms with Crippen LogP contribution in [0.15, 0.2) is 12.3 Å². The molecule has 0 saturated carbocycles. The monoisotopic (exact) mass is 265 g/mol. The molecule has 0 aliphatic rings. The maximum absolute atomic E-state index is 8.60. The highest BCUT2D eigenvalue weighted by Gasteiger charge is 2.09. The molecular formula is C12H15N3S2. The number of thiol groups is 1. The van der Waals surface area contributed by atoms with Crippen molar-refractivity contribution in [3.05, 3.63) is 29.1 Å². The zero-order chi connectivity index (χ0) is 12.8. The summed E-state index contributed by atoms with van der Waals surface area (Å²) < 4.78 is 0.514. The van der Waals surface area contributed by atoms with E-state index in [1.165, 1.54) is 5.56 Å². The fraction of sp³-hybridized carbons (Fsp3) is 0.417. The second-order valence-corrected chi connectivity index (χ2v) is 4.98. The Labute approximate surface area is 113 Å². The van der Waals surface area contributed by atoms with E-state index < -0.39 is 0 Å². The Bertz CT molecular complexity index is 452. The van der Waals surface area contributed by atoms with Crippen LogP contribution in [-0.2, 0) is 6.54 Å². The molecule has 0 spiro atoms. The van der Waals surface area contributed by atoms with Crippen LogP contribution < -0.4 is 0 Å². The molecule has 1 heterocycles. The van der Waals surface area contributed by atoms with Gasteiger partial charge in [-0.2, -0.15) is 5.26 Å². The van der Waals surface area contributed by atoms with Gasteiger partial charge in [-0.15, -0.1) is 12.6 Å². The van der Waals surface area contributed by atoms with E-state index in [9.17, 15) is 0 Å². The van der Waals surface area contributed by atoms with Crippen molar-refractivity contribution in [1.29, 1.82) is 5.26 Å². The number of hydrogen-bond donors (Lipinski definition) is 1. The summed E-state index contributed by atoms with van der Waals surface area (Å²) >= 11 is 9.24. The summed E-state index contributed by atoms with van der Waals surface area (Å²) in [5, 5.41) is 8.60. The molecular weight excluding hydrogens is 250 g/mol. The summed E-state index contributed by atoms with van der Waals surface area (Å²) in [4.78, 5) is 6.18. The standard InChI is InChI=1S/C12H15N3S2/c1-9-6-10(2)14-7-11(9)8-15(12(16)17)5-3-4-13/h6-7H,3,5,8H2,1-2H3,(H,16,17). The van der Waals surface area contributed by atoms with Crippen LogP contribution in [-0.4, -0.2) is 20.7 Å². The van der Waals surface area contributed by atoms with E-state index in [1.807, 2.05) is 31.0 Å². The number of nitriles is 1. The molecule has 0 bridgehead atoms. The highest BCUT2D eigenvalue weighted by atomic mass is 32.1. The Morgan fingerprint density at radius 2 is 2.29 bits per heavy atom. The van der Waals surface area contributed by atoms with Gasteiger partial charge in [0.05, 0.1) is 12.5 Å². The number of aromatic nitrogens is 1. The molecule has 0 atom stereocenters. The first kappa shape index (κ1) is 13.9. The van der Waals surface area contributed by atoms with E-state index in [2.05, 4.69) is 23.7 Å². The lowest BCUT2D eigenvalue weighted by atomic mass is 10.1. The summed E-state index contributed by atoms with van der Waals surface area (Å²) in [5.41, 5.74) is 3.30. The molecule has 0 aliphatic carbocycles. The molecule has 0 aliphatic heterocycles. The maximum atomic E-state index is 8.60. The lowest BCUT2D eigenvalue weighted by Crippen LogP contribution is -2.27. The Morgan fingerprint density at radius 3 is 2.82 bits per heavy atom. The van der Waals surface area contributed by atoms with E-state index in [1.54, 1.807) is 0 Å². The minimum atomic E-state index is 0.443. The highest BCUT2D eigenvalue weighted by Crippen LogP contribution is 2.12. The van der Waals surface area contributed by atoms with Crippen LogP contribution in [0.1, 0.15) is 23.2 Å². The smallest absolute Gasteiger partial charge is 0.133 e. The van der Waals surface area contributed by atoms with Crippen LogP contribution >= 0.6 is 24.8 Å². The van der Waals surface area contributed by atoms with Gasteiger partial charge < -0.3 is 4.90 Å². The normalized spacial score (nSPS) is 9.76. The molecule has 1 rings (SSSR count). The second-order valence-electron chi connectivity index (χ2n) is 3.86. The van der Waals surface area contributed by atoms with Crippen molar-refractivity contribution >= 4 is 29.2 Å². The fourth-order valence-corrected chi connectivity index (χ4v) is 1.85. The molecule has 1 aromatic rings. The van der Waals surface area contributed by atoms with E-state index in [-0.39, 0.29) is 0 Å². The second kappa shape index (κ2) is 6.58. The number of thiocarbonyl (C=S) groups is 1. The van der Waals surface area contributed by atoms with Crippen molar-refractivity contribution < 1.29 is 0 Å². The van der Waals surface area contributed by atoms with Gasteiger partial charge in [0.1, 0.15) is 4.32 Å². The summed E-state index contributed by atoms with van der Waals surface area (Å²) in [6.07, 6.45) is 2.30. The van der Waals surface area contributed by atoms with Gasteiger partial charge in [0.2, 0.25) is 0 Å². The topological polar surface area (TPSA) is 39.9 Å². The molecule has 17 heavy (non-hydrogen) atoms. The van der Waals surface area contributed by atoms with E-state index in [0.717, 1.165) is 11.3 Å². The summed E-state index contributed by atoms with van der Waals surface area (Å²) in [7, 11) is 0. The Kier molecular flexibility index (Phi) is 5.39. The molecule has 0 fully saturated rings. The first-order valence-electron chi connectivity index (χ1n) is 5.31. The van der Waals surface area contributed by atoms with Gasteiger partial charge in [-0.1, -0.05) is 12.2 Å². The summed E-state index contributed by atoms with van der Waals surface area (Å²) in [6.45, 7) is 5.27. The van der Waals surface area contributed by atoms with Gasteiger partial charge in [-0.25, -0.2) is 0 Å². The molecule has 0 radical (unpaired) electrons. The van der Waals surface area contributed by atoms with Crippen molar-refractivity contribution in [2.24, 2.45) is 0 Å². The van der Waals surface area contributed by atoms with Crippen LogP contribution in [0.2, 0.25) is 0 Å². The van der Waals surface area contributed by atoms with Gasteiger partial charge in [-0.05, 0) is 31.0 Å². The molecule has 0 unspecified atom stereocenters. The predicted octanol–water partition coefficient (Wildman–Crippen LogP) is 2.63. The van der Waals surface area contributed by atoms with Crippen molar-refractivity contribution in [2.45, 2.75) is 26.8 Å². The number of hydrogen-bond acceptors (Lipinski definition) is 3. The van der Waals surface area contributed by atoms with E-state index >= 15 is 0 Å². The molecule has 90 valence electrons. The third-order valence-electron chi connectivity index (χ3n) is 2.48. The number of aryl methyl sites for hydroxylation is 2. The Hall–Kier alpha value is -1.12. The molecule has 0 aromatic carbocycles. The highest BCUT2D eigenvalue weighted by molar-refractivity contribution is 8.10. The zero-order valence-corrected chi connectivity index (χ0v) is 11.7. The summed E-state index contributed by atoms with van der Waals surface area (Å²) in [6, 6.07) is 4.15. The third-order valence-corrected chi connectivity index (χ3v) is 3.02. The lowest BCUT2D eigenvalue weighted by molar-refractivity contribution is 0.435. The van der Waals surface area contributed by atoms with Crippen LogP contribution in [0.25, 0.3) is 0 Å². The molecule has 0 saturated heterocycles. The van der Waals surface area contributed by atoms with Crippen molar-refractivity contribution in [3.8, 4) is 6.07 Å². The van der Waals surface area contributed by atoms with Crippen LogP contribution in [0.4, 0.5) is 0 Å². The largest absolute Gasteiger partial charge is 0.352 e. The number of pyridine rings is 1. The van der Waals surface area contributed by atoms with Gasteiger partial charge in [0, 0.05) is 25.0 Å². The van der Waals surface area contributed by atoms with Crippen molar-refractivity contribution in [2.75, 3.05) is 6.54 Å². The Balaban J connectivity index is 2.79. The average Bonchev–Trinajstić information content (AvgIpc) is 2.26. The van der Waals surface area contributed by atoms with Crippen molar-refractivity contribution in [3.63, 3.8) is 0 Å². The molecule has 0 N–H and O–H groups in total. The maximum Gasteiger partial charge on any atom is 0.133 e. The van der Waals surface area contributed by atoms with Gasteiger partial charge in [0.15, 0.2) is 0 Å². The van der Waals surface area contributed by atoms with Gasteiger partial charge >= 0.3 is 0 Å². The van der Waals surface area contributed by atoms with Crippen LogP contribution in [0, 0.1) is 25.2 Å². The van der Waals surface area contributed by atoms with E-state index in [4.69, 9.17) is 17.5 Å². The lowest BCUT2D eigenvalue weighted by Gasteiger charge is -2.22. The minimum Gasteiger partial charge on any atom is -0.352 e. The molecule has 1 aromatic heterocycles. The van der Waals surface area contributed by atoms with Gasteiger partial charge in [0.25, 0.3) is 0 Å². The quantitative estimate of drug-likeness (QED) is 0.671. The Morgan fingerprint density at radius 1 is 1.59 bits per heavy atom. The van der Waals surface area contributed by atoms with Crippen LogP contribution in [0.3, 0.4) is 0 Å².